The van der Waals surface area contributed by atoms with Crippen molar-refractivity contribution in [2.45, 2.75) is 6.42 Å². The van der Waals surface area contributed by atoms with E-state index in [9.17, 15) is 9.90 Å². The van der Waals surface area contributed by atoms with Crippen molar-refractivity contribution >= 4 is 5.97 Å². The zero-order valence-corrected chi connectivity index (χ0v) is 8.38. The molecule has 0 N–H and O–H groups in total. The molecule has 42 valence electrons. The first-order valence-corrected chi connectivity index (χ1v) is 2.38. The van der Waals surface area contributed by atoms with E-state index < -0.39 is 5.97 Å². The summed E-state index contributed by atoms with van der Waals surface area (Å²) in [5, 5.41) is 9.98. The fourth-order valence-electron chi connectivity index (χ4n) is 0.599. The number of carboxylic acid groups (broad SMARTS) is 1. The van der Waals surface area contributed by atoms with Gasteiger partial charge in [0.1, 0.15) is 0 Å². The molecule has 0 bridgehead atoms. The van der Waals surface area contributed by atoms with Gasteiger partial charge in [-0.05, 0) is 12.0 Å². The van der Waals surface area contributed by atoms with Gasteiger partial charge in [0, 0.05) is 0 Å². The van der Waals surface area contributed by atoms with Crippen LogP contribution in [0.2, 0.25) is 0 Å². The summed E-state index contributed by atoms with van der Waals surface area (Å²) in [5.74, 6) is -1.06. The largest absolute Gasteiger partial charge is 1.00 e. The molecule has 9 heavy (non-hydrogen) atoms. The summed E-state index contributed by atoms with van der Waals surface area (Å²) in [6.07, 6.45) is 5.56. The Hall–Kier alpha value is 0.586. The van der Waals surface area contributed by atoms with Crippen molar-refractivity contribution in [3.63, 3.8) is 0 Å². The van der Waals surface area contributed by atoms with Gasteiger partial charge in [-0.2, -0.15) is 0 Å². The minimum atomic E-state index is -1.06. The SMILES string of the molecule is O=C([O-])C1=CC=CC1.[K+]. The van der Waals surface area contributed by atoms with Gasteiger partial charge in [-0.25, -0.2) is 0 Å². The number of hydrogen-bond acceptors (Lipinski definition) is 2. The van der Waals surface area contributed by atoms with Crippen molar-refractivity contribution in [2.75, 3.05) is 0 Å². The monoisotopic (exact) mass is 148 g/mol. The standard InChI is InChI=1S/C6H6O2.K/c7-6(8)5-3-1-2-4-5;/h1-3H,4H2,(H,7,8);/q;+1/p-1. The van der Waals surface area contributed by atoms with Gasteiger partial charge in [0.15, 0.2) is 0 Å². The number of carbonyl (C=O) groups is 1. The first-order valence-electron chi connectivity index (χ1n) is 2.38. The molecule has 0 aromatic rings. The van der Waals surface area contributed by atoms with Gasteiger partial charge in [0.2, 0.25) is 0 Å². The zero-order valence-electron chi connectivity index (χ0n) is 5.26. The molecule has 1 rings (SSSR count). The minimum absolute atomic E-state index is 0. The molecule has 0 unspecified atom stereocenters. The third kappa shape index (κ3) is 2.77. The third-order valence-corrected chi connectivity index (χ3v) is 1.03. The van der Waals surface area contributed by atoms with E-state index in [2.05, 4.69) is 0 Å². The minimum Gasteiger partial charge on any atom is -0.545 e. The molecule has 0 radical (unpaired) electrons. The normalized spacial score (nSPS) is 14.4. The van der Waals surface area contributed by atoms with Crippen LogP contribution in [0, 0.1) is 0 Å². The average Bonchev–Trinajstić information content (AvgIpc) is 2.12. The maximum atomic E-state index is 9.98. The first-order chi connectivity index (χ1) is 3.80. The molecule has 1 aliphatic carbocycles. The molecule has 0 aromatic heterocycles. The molecule has 0 saturated carbocycles. The van der Waals surface area contributed by atoms with Crippen LogP contribution in [-0.2, 0) is 4.79 Å². The molecule has 0 amide bonds. The van der Waals surface area contributed by atoms with Crippen molar-refractivity contribution in [2.24, 2.45) is 0 Å². The van der Waals surface area contributed by atoms with Crippen molar-refractivity contribution < 1.29 is 61.3 Å². The van der Waals surface area contributed by atoms with Crippen molar-refractivity contribution in [1.82, 2.24) is 0 Å². The fraction of sp³-hybridized carbons (Fsp3) is 0.167. The Bertz CT molecular complexity index is 170. The molecular weight excluding hydrogens is 143 g/mol. The molecule has 2 nitrogen and oxygen atoms in total. The smallest absolute Gasteiger partial charge is 0.545 e. The Morgan fingerprint density at radius 1 is 1.67 bits per heavy atom. The molecule has 0 atom stereocenters. The molecule has 0 heterocycles. The van der Waals surface area contributed by atoms with Crippen LogP contribution in [0.25, 0.3) is 0 Å². The summed E-state index contributed by atoms with van der Waals surface area (Å²) in [7, 11) is 0. The third-order valence-electron chi connectivity index (χ3n) is 1.03. The van der Waals surface area contributed by atoms with Crippen molar-refractivity contribution in [3.8, 4) is 0 Å². The second-order valence-corrected chi connectivity index (χ2v) is 1.61. The Balaban J connectivity index is 0.000000640. The summed E-state index contributed by atoms with van der Waals surface area (Å²) < 4.78 is 0. The van der Waals surface area contributed by atoms with Crippen LogP contribution in [0.4, 0.5) is 0 Å². The second-order valence-electron chi connectivity index (χ2n) is 1.61. The summed E-state index contributed by atoms with van der Waals surface area (Å²) >= 11 is 0. The molecule has 3 heteroatoms. The van der Waals surface area contributed by atoms with Crippen molar-refractivity contribution in [3.05, 3.63) is 23.8 Å². The molecule has 0 saturated heterocycles. The van der Waals surface area contributed by atoms with Crippen LogP contribution in [0.5, 0.6) is 0 Å². The van der Waals surface area contributed by atoms with Crippen LogP contribution in [0.15, 0.2) is 23.8 Å². The van der Waals surface area contributed by atoms with E-state index in [0.29, 0.717) is 12.0 Å². The molecule has 0 spiro atoms. The Labute approximate surface area is 96.1 Å². The molecular formula is C6H5KO2. The van der Waals surface area contributed by atoms with Gasteiger partial charge in [-0.3, -0.25) is 0 Å². The number of allylic oxidation sites excluding steroid dienone is 3. The zero-order chi connectivity index (χ0) is 5.98. The summed E-state index contributed by atoms with van der Waals surface area (Å²) in [4.78, 5) is 9.98. The predicted molar refractivity (Wildman–Crippen MR) is 26.8 cm³/mol. The van der Waals surface area contributed by atoms with E-state index in [1.54, 1.807) is 18.2 Å². The van der Waals surface area contributed by atoms with Crippen LogP contribution in [-0.4, -0.2) is 5.97 Å². The quantitative estimate of drug-likeness (QED) is 0.364. The number of aliphatic carboxylic acids is 1. The average molecular weight is 148 g/mol. The van der Waals surface area contributed by atoms with E-state index in [4.69, 9.17) is 0 Å². The number of hydrogen-bond donors (Lipinski definition) is 0. The first kappa shape index (κ1) is 9.59. The topological polar surface area (TPSA) is 40.1 Å². The Kier molecular flexibility index (Phi) is 4.70. The Morgan fingerprint density at radius 3 is 2.56 bits per heavy atom. The molecule has 1 aliphatic rings. The number of carboxylic acids is 1. The summed E-state index contributed by atoms with van der Waals surface area (Å²) in [6, 6.07) is 0. The second kappa shape index (κ2) is 4.41. The van der Waals surface area contributed by atoms with Crippen LogP contribution in [0.3, 0.4) is 0 Å². The van der Waals surface area contributed by atoms with Crippen LogP contribution in [0.1, 0.15) is 6.42 Å². The molecule has 0 fully saturated rings. The predicted octanol–water partition coefficient (Wildman–Crippen LogP) is -3.37. The van der Waals surface area contributed by atoms with Gasteiger partial charge < -0.3 is 9.90 Å². The fourth-order valence-corrected chi connectivity index (χ4v) is 0.599. The summed E-state index contributed by atoms with van der Waals surface area (Å²) in [6.45, 7) is 0. The van der Waals surface area contributed by atoms with E-state index in [-0.39, 0.29) is 51.4 Å². The van der Waals surface area contributed by atoms with Gasteiger partial charge >= 0.3 is 51.4 Å². The van der Waals surface area contributed by atoms with Crippen molar-refractivity contribution in [1.29, 1.82) is 0 Å². The maximum absolute atomic E-state index is 9.98. The number of carbonyl (C=O) groups excluding carboxylic acids is 1. The van der Waals surface area contributed by atoms with Gasteiger partial charge in [0.25, 0.3) is 0 Å². The van der Waals surface area contributed by atoms with E-state index in [1.165, 1.54) is 0 Å². The van der Waals surface area contributed by atoms with E-state index >= 15 is 0 Å². The van der Waals surface area contributed by atoms with Crippen LogP contribution >= 0.6 is 0 Å². The molecule has 0 aliphatic heterocycles. The Morgan fingerprint density at radius 2 is 2.33 bits per heavy atom. The van der Waals surface area contributed by atoms with Crippen LogP contribution < -0.4 is 56.5 Å². The van der Waals surface area contributed by atoms with Gasteiger partial charge in [-0.15, -0.1) is 0 Å². The molecule has 0 aromatic carbocycles. The van der Waals surface area contributed by atoms with Gasteiger partial charge in [-0.1, -0.05) is 18.2 Å². The van der Waals surface area contributed by atoms with E-state index in [1.807, 2.05) is 0 Å². The summed E-state index contributed by atoms with van der Waals surface area (Å²) in [5.41, 5.74) is 0.366. The maximum Gasteiger partial charge on any atom is 1.00 e. The number of rotatable bonds is 1. The van der Waals surface area contributed by atoms with E-state index in [0.717, 1.165) is 0 Å². The van der Waals surface area contributed by atoms with Gasteiger partial charge in [0.05, 0.1) is 5.97 Å².